The molecule has 0 saturated carbocycles. The molecule has 0 nitrogen and oxygen atoms in total. The smallest absolute Gasteiger partial charge is 1.00 e. The molecule has 0 N–H and O–H groups in total. The van der Waals surface area contributed by atoms with E-state index in [-0.39, 0.29) is 51.0 Å². The van der Waals surface area contributed by atoms with Gasteiger partial charge in [-0.2, -0.15) is 0 Å². The van der Waals surface area contributed by atoms with Crippen LogP contribution in [-0.2, 0) is 26.2 Å². The number of benzene rings is 8. The van der Waals surface area contributed by atoms with Crippen molar-refractivity contribution in [1.82, 2.24) is 0 Å². The van der Waals surface area contributed by atoms with Crippen LogP contribution in [0.15, 0.2) is 158 Å². The second-order valence-corrected chi connectivity index (χ2v) is 12.9. The predicted octanol–water partition coefficient (Wildman–Crippen LogP) is 6.83. The second kappa shape index (κ2) is 15.2. The summed E-state index contributed by atoms with van der Waals surface area (Å²) in [6.07, 6.45) is 0. The summed E-state index contributed by atoms with van der Waals surface area (Å²) >= 11 is 0. The van der Waals surface area contributed by atoms with E-state index in [2.05, 4.69) is 171 Å². The van der Waals surface area contributed by atoms with E-state index < -0.39 is 0 Å². The van der Waals surface area contributed by atoms with Gasteiger partial charge in [-0.3, -0.25) is 0 Å². The molecule has 10 rings (SSSR count). The van der Waals surface area contributed by atoms with Crippen molar-refractivity contribution in [3.63, 3.8) is 0 Å². The molecule has 0 aliphatic carbocycles. The monoisotopic (exact) mass is 748 g/mol. The first kappa shape index (κ1) is 35.5. The number of rotatable bonds is 0. The summed E-state index contributed by atoms with van der Waals surface area (Å²) in [6.45, 7) is 4.31. The Balaban J connectivity index is 0.000000164. The fourth-order valence-electron chi connectivity index (χ4n) is 6.78. The maximum atomic E-state index is 2.32. The van der Waals surface area contributed by atoms with E-state index >= 15 is 0 Å². The van der Waals surface area contributed by atoms with Crippen LogP contribution in [0.3, 0.4) is 0 Å². The number of fused-ring (bicyclic) bond motifs is 10. The van der Waals surface area contributed by atoms with E-state index in [0.29, 0.717) is 0 Å². The van der Waals surface area contributed by atoms with Crippen LogP contribution in [0.5, 0.6) is 0 Å². The van der Waals surface area contributed by atoms with Crippen molar-refractivity contribution >= 4 is 95.7 Å². The zero-order valence-electron chi connectivity index (χ0n) is 26.8. The third-order valence-electron chi connectivity index (χ3n) is 8.87. The molecule has 10 aromatic rings. The van der Waals surface area contributed by atoms with E-state index in [9.17, 15) is 0 Å². The van der Waals surface area contributed by atoms with Gasteiger partial charge in [0.15, 0.2) is 0 Å². The Labute approximate surface area is 315 Å². The molecular formula is C44H32Cl2SiZr. The molecule has 0 aliphatic heterocycles. The SMILES string of the molecule is C[Si]C.[Cl-].[Cl-].[Zr+4].c1ccc2cc3c(cc2c1)[cH-]c1cc2ccccc2cc13.c1ccc2cc3c(cc2c1)[cH-]c1cc2ccccc2cc13. The molecule has 0 spiro atoms. The third-order valence-corrected chi connectivity index (χ3v) is 8.87. The number of hydrogen-bond donors (Lipinski definition) is 0. The quantitative estimate of drug-likeness (QED) is 0.118. The molecule has 0 saturated heterocycles. The molecule has 0 fully saturated rings. The maximum absolute atomic E-state index is 2.32. The normalized spacial score (nSPS) is 10.7. The third kappa shape index (κ3) is 6.60. The molecule has 4 heteroatoms. The zero-order valence-corrected chi connectivity index (χ0v) is 31.7. The first-order valence-electron chi connectivity index (χ1n) is 15.6. The first-order chi connectivity index (χ1) is 22.2. The average molecular weight is 751 g/mol. The van der Waals surface area contributed by atoms with Gasteiger partial charge >= 0.3 is 26.2 Å². The summed E-state index contributed by atoms with van der Waals surface area (Å²) in [5, 5.41) is 21.2. The Morgan fingerprint density at radius 1 is 0.333 bits per heavy atom. The number of hydrogen-bond acceptors (Lipinski definition) is 0. The van der Waals surface area contributed by atoms with Gasteiger partial charge in [0.2, 0.25) is 0 Å². The second-order valence-electron chi connectivity index (χ2n) is 11.9. The molecule has 10 aromatic carbocycles. The molecule has 0 bridgehead atoms. The number of halogens is 2. The van der Waals surface area contributed by atoms with E-state index in [0.717, 1.165) is 9.52 Å². The van der Waals surface area contributed by atoms with Gasteiger partial charge in [0.1, 0.15) is 0 Å². The van der Waals surface area contributed by atoms with Crippen LogP contribution in [0.25, 0.3) is 86.2 Å². The van der Waals surface area contributed by atoms with Crippen molar-refractivity contribution in [2.75, 3.05) is 0 Å². The Hall–Kier alpha value is -3.78. The summed E-state index contributed by atoms with van der Waals surface area (Å²) < 4.78 is 0. The van der Waals surface area contributed by atoms with E-state index in [4.69, 9.17) is 0 Å². The van der Waals surface area contributed by atoms with Gasteiger partial charge in [-0.25, -0.2) is 0 Å². The van der Waals surface area contributed by atoms with Gasteiger partial charge in [0, 0.05) is 9.52 Å². The maximum Gasteiger partial charge on any atom is 4.00 e. The van der Waals surface area contributed by atoms with Crippen LogP contribution in [0, 0.1) is 0 Å². The average Bonchev–Trinajstić information content (AvgIpc) is 3.60. The largest absolute Gasteiger partial charge is 4.00 e. The van der Waals surface area contributed by atoms with Crippen molar-refractivity contribution in [2.45, 2.75) is 13.1 Å². The first-order valence-corrected chi connectivity index (χ1v) is 17.6. The van der Waals surface area contributed by atoms with Crippen molar-refractivity contribution < 1.29 is 51.0 Å². The molecule has 0 atom stereocenters. The Kier molecular flexibility index (Phi) is 11.2. The predicted molar refractivity (Wildman–Crippen MR) is 202 cm³/mol. The Morgan fingerprint density at radius 3 is 0.688 bits per heavy atom. The van der Waals surface area contributed by atoms with Crippen molar-refractivity contribution in [3.05, 3.63) is 158 Å². The van der Waals surface area contributed by atoms with E-state index in [1.54, 1.807) is 0 Å². The molecule has 230 valence electrons. The fourth-order valence-corrected chi connectivity index (χ4v) is 6.78. The minimum absolute atomic E-state index is 0. The van der Waals surface area contributed by atoms with Crippen molar-refractivity contribution in [2.24, 2.45) is 0 Å². The molecule has 2 radical (unpaired) electrons. The molecule has 48 heavy (non-hydrogen) atoms. The van der Waals surface area contributed by atoms with Crippen LogP contribution in [0.2, 0.25) is 13.1 Å². The molecule has 0 heterocycles. The summed E-state index contributed by atoms with van der Waals surface area (Å²) in [7, 11) is 1.08. The molecule has 0 aromatic heterocycles. The standard InChI is InChI=1S/2C21H13.C2H6Si.2ClH.Zr/c2*1-3-7-16-12-20-18(9-14(16)5-1)11-19-10-15-6-2-4-8-17(15)13-21(19)20;1-3-2;;;/h2*1-13H;1-2H3;2*1H;/q2*-1;;;;+4/p-2. The van der Waals surface area contributed by atoms with Crippen molar-refractivity contribution in [3.8, 4) is 0 Å². The topological polar surface area (TPSA) is 0 Å². The minimum Gasteiger partial charge on any atom is -1.00 e. The van der Waals surface area contributed by atoms with Gasteiger partial charge in [-0.15, -0.1) is 79.5 Å². The Bertz CT molecular complexity index is 2300. The van der Waals surface area contributed by atoms with Gasteiger partial charge < -0.3 is 24.8 Å². The molecule has 0 amide bonds. The summed E-state index contributed by atoms with van der Waals surface area (Å²) in [4.78, 5) is 0. The summed E-state index contributed by atoms with van der Waals surface area (Å²) in [5.74, 6) is 0. The van der Waals surface area contributed by atoms with Gasteiger partial charge in [-0.05, 0) is 21.5 Å². The van der Waals surface area contributed by atoms with Crippen LogP contribution < -0.4 is 24.8 Å². The van der Waals surface area contributed by atoms with Crippen LogP contribution in [-0.4, -0.2) is 9.52 Å². The van der Waals surface area contributed by atoms with E-state index in [1.807, 2.05) is 0 Å². The Morgan fingerprint density at radius 2 is 0.500 bits per heavy atom. The van der Waals surface area contributed by atoms with Crippen LogP contribution in [0.1, 0.15) is 0 Å². The molecule has 0 unspecified atom stereocenters. The van der Waals surface area contributed by atoms with Gasteiger partial charge in [0.05, 0.1) is 0 Å². The van der Waals surface area contributed by atoms with Crippen LogP contribution >= 0.6 is 0 Å². The van der Waals surface area contributed by atoms with Gasteiger partial charge in [-0.1, -0.05) is 156 Å². The minimum atomic E-state index is 0. The summed E-state index contributed by atoms with van der Waals surface area (Å²) in [5.41, 5.74) is 0. The zero-order chi connectivity index (χ0) is 30.3. The fraction of sp³-hybridized carbons (Fsp3) is 0.0455. The molecular weight excluding hydrogens is 719 g/mol. The van der Waals surface area contributed by atoms with Crippen molar-refractivity contribution in [1.29, 1.82) is 0 Å². The summed E-state index contributed by atoms with van der Waals surface area (Å²) in [6, 6.07) is 57.4. The molecule has 0 aliphatic rings. The van der Waals surface area contributed by atoms with E-state index in [1.165, 1.54) is 86.2 Å². The van der Waals surface area contributed by atoms with Gasteiger partial charge in [0.25, 0.3) is 0 Å². The van der Waals surface area contributed by atoms with Crippen LogP contribution in [0.4, 0.5) is 0 Å².